The third-order valence-electron chi connectivity index (χ3n) is 4.94. The first kappa shape index (κ1) is 20.9. The second-order valence-electron chi connectivity index (χ2n) is 7.15. The van der Waals surface area contributed by atoms with Crippen LogP contribution in [0.3, 0.4) is 0 Å². The summed E-state index contributed by atoms with van der Waals surface area (Å²) in [5.41, 5.74) is 0.770. The molecular weight excluding hydrogens is 396 g/mol. The molecule has 0 bridgehead atoms. The van der Waals surface area contributed by atoms with Crippen molar-refractivity contribution in [3.05, 3.63) is 36.8 Å². The van der Waals surface area contributed by atoms with Crippen LogP contribution < -0.4 is 5.32 Å². The molecule has 7 nitrogen and oxygen atoms in total. The summed E-state index contributed by atoms with van der Waals surface area (Å²) >= 11 is 1.62. The standard InChI is InChI=1S/C19H26N4O3S2/c1-14(2)22-12-18(20-13-22)28(25,26)23-9-7-15(8-10-23)19(24)21-16-5-4-6-17(11-16)27-3/h4-6,11-15H,7-10H2,1-3H3,(H,21,24). The van der Waals surface area contributed by atoms with E-state index in [-0.39, 0.29) is 22.9 Å². The van der Waals surface area contributed by atoms with Gasteiger partial charge in [-0.15, -0.1) is 11.8 Å². The Balaban J connectivity index is 1.60. The summed E-state index contributed by atoms with van der Waals surface area (Å²) in [5, 5.41) is 3.02. The predicted octanol–water partition coefficient (Wildman–Crippen LogP) is 3.23. The largest absolute Gasteiger partial charge is 0.334 e. The van der Waals surface area contributed by atoms with Crippen molar-refractivity contribution < 1.29 is 13.2 Å². The van der Waals surface area contributed by atoms with Gasteiger partial charge in [0.2, 0.25) is 5.91 Å². The third-order valence-corrected chi connectivity index (χ3v) is 7.45. The highest BCUT2D eigenvalue weighted by Crippen LogP contribution is 2.25. The van der Waals surface area contributed by atoms with Crippen LogP contribution in [0.2, 0.25) is 0 Å². The van der Waals surface area contributed by atoms with E-state index in [0.717, 1.165) is 10.6 Å². The summed E-state index contributed by atoms with van der Waals surface area (Å²) in [6.07, 6.45) is 6.09. The van der Waals surface area contributed by atoms with Gasteiger partial charge in [0, 0.05) is 41.8 Å². The van der Waals surface area contributed by atoms with Crippen molar-refractivity contribution in [2.45, 2.75) is 42.7 Å². The van der Waals surface area contributed by atoms with E-state index in [2.05, 4.69) is 10.3 Å². The quantitative estimate of drug-likeness (QED) is 0.723. The lowest BCUT2D eigenvalue weighted by Crippen LogP contribution is -2.41. The maximum Gasteiger partial charge on any atom is 0.262 e. The smallest absolute Gasteiger partial charge is 0.262 e. The molecule has 2 aromatic rings. The Hall–Kier alpha value is -1.84. The predicted molar refractivity (Wildman–Crippen MR) is 111 cm³/mol. The van der Waals surface area contributed by atoms with Crippen LogP contribution in [0.5, 0.6) is 0 Å². The summed E-state index contributed by atoms with van der Waals surface area (Å²) < 4.78 is 28.8. The van der Waals surface area contributed by atoms with Crippen molar-refractivity contribution in [2.24, 2.45) is 5.92 Å². The zero-order valence-electron chi connectivity index (χ0n) is 16.3. The highest BCUT2D eigenvalue weighted by atomic mass is 32.2. The van der Waals surface area contributed by atoms with Crippen molar-refractivity contribution in [1.29, 1.82) is 0 Å². The molecule has 1 aliphatic rings. The number of carbonyl (C=O) groups is 1. The van der Waals surface area contributed by atoms with E-state index in [1.54, 1.807) is 28.9 Å². The number of nitrogens with zero attached hydrogens (tertiary/aromatic N) is 3. The molecule has 0 aliphatic carbocycles. The second-order valence-corrected chi connectivity index (χ2v) is 9.92. The van der Waals surface area contributed by atoms with E-state index < -0.39 is 10.0 Å². The number of piperidine rings is 1. The Morgan fingerprint density at radius 3 is 2.61 bits per heavy atom. The van der Waals surface area contributed by atoms with Gasteiger partial charge < -0.3 is 9.88 Å². The lowest BCUT2D eigenvalue weighted by atomic mass is 9.97. The highest BCUT2D eigenvalue weighted by molar-refractivity contribution is 7.98. The van der Waals surface area contributed by atoms with Gasteiger partial charge in [0.15, 0.2) is 5.03 Å². The number of thioether (sulfide) groups is 1. The van der Waals surface area contributed by atoms with Gasteiger partial charge >= 0.3 is 0 Å². The minimum atomic E-state index is -3.62. The Kier molecular flexibility index (Phi) is 6.47. The molecule has 0 saturated carbocycles. The zero-order chi connectivity index (χ0) is 20.3. The summed E-state index contributed by atoms with van der Waals surface area (Å²) in [6, 6.07) is 7.85. The van der Waals surface area contributed by atoms with Crippen molar-refractivity contribution in [3.63, 3.8) is 0 Å². The van der Waals surface area contributed by atoms with E-state index in [0.29, 0.717) is 25.9 Å². The van der Waals surface area contributed by atoms with Gasteiger partial charge in [-0.2, -0.15) is 4.31 Å². The molecule has 2 heterocycles. The molecule has 1 aromatic carbocycles. The summed E-state index contributed by atoms with van der Waals surface area (Å²) in [5.74, 6) is -0.253. The Morgan fingerprint density at radius 1 is 1.29 bits per heavy atom. The molecule has 0 unspecified atom stereocenters. The lowest BCUT2D eigenvalue weighted by molar-refractivity contribution is -0.120. The highest BCUT2D eigenvalue weighted by Gasteiger charge is 2.33. The fourth-order valence-corrected chi connectivity index (χ4v) is 5.02. The number of hydrogen-bond acceptors (Lipinski definition) is 5. The fraction of sp³-hybridized carbons (Fsp3) is 0.474. The number of imidazole rings is 1. The molecular formula is C19H26N4O3S2. The first-order valence-corrected chi connectivity index (χ1v) is 12.0. The number of nitrogens with one attached hydrogen (secondary N) is 1. The van der Waals surface area contributed by atoms with E-state index in [1.165, 1.54) is 4.31 Å². The number of benzene rings is 1. The SMILES string of the molecule is CSc1cccc(NC(=O)C2CCN(S(=O)(=O)c3cn(C(C)C)cn3)CC2)c1. The maximum atomic E-state index is 12.8. The van der Waals surface area contributed by atoms with Gasteiger partial charge in [0.1, 0.15) is 0 Å². The van der Waals surface area contributed by atoms with Crippen molar-refractivity contribution in [2.75, 3.05) is 24.7 Å². The topological polar surface area (TPSA) is 84.3 Å². The van der Waals surface area contributed by atoms with Crippen molar-refractivity contribution in [3.8, 4) is 0 Å². The summed E-state index contributed by atoms with van der Waals surface area (Å²) in [7, 11) is -3.62. The zero-order valence-corrected chi connectivity index (χ0v) is 18.0. The number of rotatable bonds is 6. The normalized spacial score (nSPS) is 16.4. The average molecular weight is 423 g/mol. The van der Waals surface area contributed by atoms with Crippen LogP contribution in [0.25, 0.3) is 0 Å². The molecule has 1 saturated heterocycles. The first-order chi connectivity index (χ1) is 13.3. The maximum absolute atomic E-state index is 12.8. The minimum absolute atomic E-state index is 0.0561. The van der Waals surface area contributed by atoms with Crippen LogP contribution in [0.4, 0.5) is 5.69 Å². The van der Waals surface area contributed by atoms with Crippen molar-refractivity contribution in [1.82, 2.24) is 13.9 Å². The lowest BCUT2D eigenvalue weighted by Gasteiger charge is -2.30. The third kappa shape index (κ3) is 4.59. The molecule has 1 fully saturated rings. The molecule has 3 rings (SSSR count). The van der Waals surface area contributed by atoms with Crippen LogP contribution in [0, 0.1) is 5.92 Å². The number of aromatic nitrogens is 2. The minimum Gasteiger partial charge on any atom is -0.334 e. The van der Waals surface area contributed by atoms with E-state index >= 15 is 0 Å². The molecule has 1 N–H and O–H groups in total. The van der Waals surface area contributed by atoms with Gasteiger partial charge in [-0.1, -0.05) is 6.07 Å². The van der Waals surface area contributed by atoms with Crippen LogP contribution in [-0.4, -0.2) is 47.5 Å². The van der Waals surface area contributed by atoms with E-state index in [9.17, 15) is 13.2 Å². The Labute approximate surface area is 170 Å². The molecule has 0 radical (unpaired) electrons. The van der Waals surface area contributed by atoms with Gasteiger partial charge in [-0.05, 0) is 51.1 Å². The van der Waals surface area contributed by atoms with Crippen molar-refractivity contribution >= 4 is 33.4 Å². The van der Waals surface area contributed by atoms with E-state index in [1.807, 2.05) is 44.4 Å². The van der Waals surface area contributed by atoms with Crippen LogP contribution in [0.15, 0.2) is 46.7 Å². The molecule has 9 heteroatoms. The fourth-order valence-electron chi connectivity index (χ4n) is 3.17. The molecule has 0 spiro atoms. The number of hydrogen-bond donors (Lipinski definition) is 1. The summed E-state index contributed by atoms with van der Waals surface area (Å²) in [6.45, 7) is 4.58. The number of amides is 1. The van der Waals surface area contributed by atoms with Gasteiger partial charge in [-0.25, -0.2) is 13.4 Å². The van der Waals surface area contributed by atoms with Gasteiger partial charge in [-0.3, -0.25) is 4.79 Å². The van der Waals surface area contributed by atoms with Gasteiger partial charge in [0.25, 0.3) is 10.0 Å². The Morgan fingerprint density at radius 2 is 2.00 bits per heavy atom. The van der Waals surface area contributed by atoms with Crippen LogP contribution in [0.1, 0.15) is 32.7 Å². The Bertz CT molecular complexity index is 932. The second kappa shape index (κ2) is 8.67. The molecule has 0 atom stereocenters. The summed E-state index contributed by atoms with van der Waals surface area (Å²) in [4.78, 5) is 17.7. The van der Waals surface area contributed by atoms with Crippen LogP contribution >= 0.6 is 11.8 Å². The van der Waals surface area contributed by atoms with Gasteiger partial charge in [0.05, 0.1) is 6.33 Å². The molecule has 152 valence electrons. The molecule has 1 aliphatic heterocycles. The molecule has 28 heavy (non-hydrogen) atoms. The molecule has 1 amide bonds. The average Bonchev–Trinajstić information content (AvgIpc) is 3.20. The number of carbonyl (C=O) groups excluding carboxylic acids is 1. The van der Waals surface area contributed by atoms with Crippen LogP contribution in [-0.2, 0) is 14.8 Å². The first-order valence-electron chi connectivity index (χ1n) is 9.30. The monoisotopic (exact) mass is 422 g/mol. The van der Waals surface area contributed by atoms with E-state index in [4.69, 9.17) is 0 Å². The number of anilines is 1. The molecule has 1 aromatic heterocycles. The number of sulfonamides is 1.